The topological polar surface area (TPSA) is 0 Å². The maximum atomic E-state index is 12.0. The third kappa shape index (κ3) is 3.13. The summed E-state index contributed by atoms with van der Waals surface area (Å²) in [6, 6.07) is 0. The van der Waals surface area contributed by atoms with E-state index in [9.17, 15) is 13.2 Å². The first-order valence-corrected chi connectivity index (χ1v) is 6.47. The van der Waals surface area contributed by atoms with E-state index < -0.39 is 18.2 Å². The second-order valence-electron chi connectivity index (χ2n) is 1.46. The molecule has 0 amide bonds. The van der Waals surface area contributed by atoms with Crippen LogP contribution in [0.2, 0.25) is 6.55 Å². The second kappa shape index (κ2) is 2.94. The lowest BCUT2D eigenvalue weighted by Crippen LogP contribution is -2.14. The van der Waals surface area contributed by atoms with Crippen LogP contribution in [0.5, 0.6) is 0 Å². The van der Waals surface area contributed by atoms with Crippen molar-refractivity contribution >= 4 is 28.9 Å². The van der Waals surface area contributed by atoms with E-state index in [0.29, 0.717) is 0 Å². The van der Waals surface area contributed by atoms with Gasteiger partial charge in [0.15, 0.2) is 5.45 Å². The van der Waals surface area contributed by atoms with Crippen molar-refractivity contribution < 1.29 is 13.2 Å². The molecule has 0 aromatic carbocycles. The average Bonchev–Trinajstić information content (AvgIpc) is 1.62. The molecule has 0 atom stereocenters. The van der Waals surface area contributed by atoms with E-state index in [-0.39, 0.29) is 0 Å². The van der Waals surface area contributed by atoms with Crippen LogP contribution in [0.3, 0.4) is 0 Å². The average molecular weight is 195 g/mol. The van der Waals surface area contributed by atoms with E-state index in [1.54, 1.807) is 0 Å². The van der Waals surface area contributed by atoms with Gasteiger partial charge in [0.25, 0.3) is 6.08 Å². The molecule has 0 aliphatic carbocycles. The Morgan fingerprint density at radius 3 is 1.56 bits per heavy atom. The van der Waals surface area contributed by atoms with Crippen LogP contribution in [0.25, 0.3) is 0 Å². The molecule has 54 valence electrons. The predicted molar refractivity (Wildman–Crippen MR) is 33.7 cm³/mol. The highest BCUT2D eigenvalue weighted by atomic mass is 35.7. The Labute approximate surface area is 60.7 Å². The number of rotatable bonds is 1. The molecule has 0 N–H and O–H groups in total. The quantitative estimate of drug-likeness (QED) is 0.445. The number of hydrogen-bond acceptors (Lipinski definition) is 0. The molecule has 0 fully saturated rings. The largest absolute Gasteiger partial charge is 0.314 e. The van der Waals surface area contributed by atoms with Gasteiger partial charge >= 0.3 is 6.69 Å². The highest BCUT2D eigenvalue weighted by Gasteiger charge is 2.32. The van der Waals surface area contributed by atoms with Crippen LogP contribution in [0.1, 0.15) is 0 Å². The van der Waals surface area contributed by atoms with Gasteiger partial charge in [0.1, 0.15) is 0 Å². The summed E-state index contributed by atoms with van der Waals surface area (Å²) in [7, 11) is 0. The van der Waals surface area contributed by atoms with Crippen molar-refractivity contribution in [1.82, 2.24) is 0 Å². The smallest absolute Gasteiger partial charge is 0.208 e. The number of hydrogen-bond donors (Lipinski definition) is 0. The van der Waals surface area contributed by atoms with Crippen LogP contribution in [-0.4, -0.2) is 6.69 Å². The molecule has 0 bridgehead atoms. The maximum absolute atomic E-state index is 12.0. The third-order valence-corrected chi connectivity index (χ3v) is 2.51. The Morgan fingerprint density at radius 1 is 1.22 bits per heavy atom. The Bertz CT molecular complexity index is 134. The van der Waals surface area contributed by atoms with Crippen molar-refractivity contribution in [2.75, 3.05) is 0 Å². The lowest BCUT2D eigenvalue weighted by Gasteiger charge is -2.03. The fraction of sp³-hybridized carbons (Fsp3) is 0.333. The molecule has 0 saturated carbocycles. The fourth-order valence-corrected chi connectivity index (χ4v) is 0.926. The van der Waals surface area contributed by atoms with Crippen LogP contribution in [0.4, 0.5) is 13.2 Å². The molecule has 0 aliphatic rings. The van der Waals surface area contributed by atoms with E-state index in [1.807, 2.05) is 0 Å². The first-order chi connectivity index (χ1) is 3.85. The molecular formula is C3H3Cl2F3Si. The van der Waals surface area contributed by atoms with Crippen molar-refractivity contribution in [2.24, 2.45) is 0 Å². The second-order valence-corrected chi connectivity index (χ2v) is 8.79. The molecular weight excluding hydrogens is 192 g/mol. The van der Waals surface area contributed by atoms with Gasteiger partial charge in [-0.25, -0.2) is 4.39 Å². The highest BCUT2D eigenvalue weighted by Crippen LogP contribution is 2.28. The van der Waals surface area contributed by atoms with Crippen LogP contribution < -0.4 is 0 Å². The first-order valence-electron chi connectivity index (χ1n) is 1.94. The summed E-state index contributed by atoms with van der Waals surface area (Å²) in [4.78, 5) is 0. The summed E-state index contributed by atoms with van der Waals surface area (Å²) in [6.07, 6.45) is -2.42. The Hall–Kier alpha value is 0.327. The van der Waals surface area contributed by atoms with Crippen LogP contribution in [-0.2, 0) is 0 Å². The molecule has 0 aromatic rings. The highest BCUT2D eigenvalue weighted by molar-refractivity contribution is 7.47. The Kier molecular flexibility index (Phi) is 3.05. The molecule has 0 aromatic heterocycles. The molecule has 0 rings (SSSR count). The normalized spacial score (nSPS) is 11.3. The van der Waals surface area contributed by atoms with Crippen molar-refractivity contribution in [3.8, 4) is 0 Å². The van der Waals surface area contributed by atoms with Gasteiger partial charge in [0, 0.05) is 0 Å². The zero-order valence-corrected chi connectivity index (χ0v) is 6.90. The van der Waals surface area contributed by atoms with Gasteiger partial charge in [-0.1, -0.05) is 0 Å². The van der Waals surface area contributed by atoms with Gasteiger partial charge < -0.3 is 0 Å². The molecule has 0 unspecified atom stereocenters. The fourth-order valence-electron chi connectivity index (χ4n) is 0.166. The summed E-state index contributed by atoms with van der Waals surface area (Å²) in [6.45, 7) is -2.36. The van der Waals surface area contributed by atoms with Crippen molar-refractivity contribution in [1.29, 1.82) is 0 Å². The number of halogens is 5. The van der Waals surface area contributed by atoms with Gasteiger partial charge in [0.2, 0.25) is 0 Å². The van der Waals surface area contributed by atoms with Crippen molar-refractivity contribution in [2.45, 2.75) is 6.55 Å². The lowest BCUT2D eigenvalue weighted by molar-refractivity contribution is 0.392. The van der Waals surface area contributed by atoms with Crippen molar-refractivity contribution in [3.63, 3.8) is 0 Å². The Morgan fingerprint density at radius 2 is 1.56 bits per heavy atom. The molecule has 6 heteroatoms. The minimum absolute atomic E-state index is 1.06. The monoisotopic (exact) mass is 194 g/mol. The molecule has 0 spiro atoms. The summed E-state index contributed by atoms with van der Waals surface area (Å²) in [5, 5.41) is 0. The summed E-state index contributed by atoms with van der Waals surface area (Å²) in [5.74, 6) is 0. The summed E-state index contributed by atoms with van der Waals surface area (Å²) in [5.41, 5.74) is -1.66. The maximum Gasteiger partial charge on any atom is 0.314 e. The zero-order valence-electron chi connectivity index (χ0n) is 4.39. The zero-order chi connectivity index (χ0) is 7.65. The minimum atomic E-state index is -3.42. The van der Waals surface area contributed by atoms with Crippen LogP contribution in [0.15, 0.2) is 11.5 Å². The molecule has 9 heavy (non-hydrogen) atoms. The van der Waals surface area contributed by atoms with E-state index in [4.69, 9.17) is 22.2 Å². The third-order valence-electron chi connectivity index (χ3n) is 0.551. The molecule has 0 heterocycles. The van der Waals surface area contributed by atoms with Gasteiger partial charge in [-0.3, -0.25) is 0 Å². The first kappa shape index (κ1) is 9.33. The van der Waals surface area contributed by atoms with Crippen LogP contribution >= 0.6 is 22.2 Å². The van der Waals surface area contributed by atoms with Crippen LogP contribution in [0, 0.1) is 0 Å². The van der Waals surface area contributed by atoms with E-state index in [2.05, 4.69) is 0 Å². The summed E-state index contributed by atoms with van der Waals surface area (Å²) < 4.78 is 34.5. The predicted octanol–water partition coefficient (Wildman–Crippen LogP) is 3.15. The molecule has 0 aliphatic heterocycles. The standard InChI is InChI=1S/C3H3Cl2F3Si/c1-9(4,5)3(8)2(6)7/h1H3. The van der Waals surface area contributed by atoms with E-state index >= 15 is 0 Å². The molecule has 0 radical (unpaired) electrons. The SMILES string of the molecule is C[Si](Cl)(Cl)C(F)=C(F)F. The van der Waals surface area contributed by atoms with Gasteiger partial charge in [-0.05, 0) is 6.55 Å². The van der Waals surface area contributed by atoms with Crippen molar-refractivity contribution in [3.05, 3.63) is 11.5 Å². The van der Waals surface area contributed by atoms with Gasteiger partial charge in [-0.15, -0.1) is 22.2 Å². The van der Waals surface area contributed by atoms with Gasteiger partial charge in [-0.2, -0.15) is 8.78 Å². The Balaban J connectivity index is 4.40. The summed E-state index contributed by atoms with van der Waals surface area (Å²) >= 11 is 10.1. The molecule has 0 nitrogen and oxygen atoms in total. The van der Waals surface area contributed by atoms with E-state index in [1.165, 1.54) is 0 Å². The van der Waals surface area contributed by atoms with Gasteiger partial charge in [0.05, 0.1) is 0 Å². The minimum Gasteiger partial charge on any atom is -0.208 e. The lowest BCUT2D eigenvalue weighted by atomic mass is 11.1. The van der Waals surface area contributed by atoms with E-state index in [0.717, 1.165) is 6.55 Å². The molecule has 0 saturated heterocycles.